The van der Waals surface area contributed by atoms with E-state index >= 15 is 0 Å². The Balaban J connectivity index is 2.94. The van der Waals surface area contributed by atoms with Gasteiger partial charge in [0.2, 0.25) is 5.91 Å². The van der Waals surface area contributed by atoms with Crippen molar-refractivity contribution in [3.8, 4) is 5.75 Å². The van der Waals surface area contributed by atoms with Crippen molar-refractivity contribution in [2.75, 3.05) is 6.61 Å². The van der Waals surface area contributed by atoms with Crippen LogP contribution in [0.3, 0.4) is 0 Å². The van der Waals surface area contributed by atoms with E-state index in [-0.39, 0.29) is 18.3 Å². The van der Waals surface area contributed by atoms with Crippen molar-refractivity contribution < 1.29 is 19.4 Å². The van der Waals surface area contributed by atoms with Gasteiger partial charge in [-0.25, -0.2) is 4.79 Å². The average Bonchev–Trinajstić information content (AvgIpc) is 2.34. The molecule has 0 aromatic heterocycles. The molecular formula is C13H15I2NO4. The molecule has 110 valence electrons. The molecule has 0 fully saturated rings. The molecule has 0 aliphatic rings. The summed E-state index contributed by atoms with van der Waals surface area (Å²) in [7, 11) is 0. The van der Waals surface area contributed by atoms with Crippen molar-refractivity contribution in [2.24, 2.45) is 0 Å². The quantitative estimate of drug-likeness (QED) is 0.478. The fourth-order valence-electron chi connectivity index (χ4n) is 1.65. The van der Waals surface area contributed by atoms with E-state index in [0.29, 0.717) is 13.6 Å². The summed E-state index contributed by atoms with van der Waals surface area (Å²) >= 11 is 4.05. The van der Waals surface area contributed by atoms with Gasteiger partial charge in [0.25, 0.3) is 0 Å². The highest BCUT2D eigenvalue weighted by Gasteiger charge is 2.22. The molecule has 0 aliphatic heterocycles. The second-order valence-electron chi connectivity index (χ2n) is 4.12. The normalized spacial score (nSPS) is 11.8. The third-order valence-corrected chi connectivity index (χ3v) is 4.11. The number of phenolic OH excluding ortho intramolecular Hbond substituents is 1. The molecule has 0 radical (unpaired) electrons. The maximum Gasteiger partial charge on any atom is 0.328 e. The maximum atomic E-state index is 11.8. The summed E-state index contributed by atoms with van der Waals surface area (Å²) in [6, 6.07) is 2.85. The van der Waals surface area contributed by atoms with Gasteiger partial charge in [-0.3, -0.25) is 4.79 Å². The van der Waals surface area contributed by atoms with Crippen LogP contribution in [0.1, 0.15) is 19.4 Å². The summed E-state index contributed by atoms with van der Waals surface area (Å²) in [5, 5.41) is 12.3. The van der Waals surface area contributed by atoms with Gasteiger partial charge in [-0.2, -0.15) is 0 Å². The van der Waals surface area contributed by atoms with Crippen LogP contribution in [0.2, 0.25) is 0 Å². The highest BCUT2D eigenvalue weighted by atomic mass is 127. The Morgan fingerprint density at radius 1 is 1.35 bits per heavy atom. The monoisotopic (exact) mass is 503 g/mol. The van der Waals surface area contributed by atoms with E-state index < -0.39 is 12.0 Å². The molecule has 2 N–H and O–H groups in total. The van der Waals surface area contributed by atoms with Gasteiger partial charge in [-0.15, -0.1) is 0 Å². The Bertz CT molecular complexity index is 496. The van der Waals surface area contributed by atoms with Gasteiger partial charge in [0.05, 0.1) is 13.7 Å². The first-order chi connectivity index (χ1) is 9.35. The number of hydrogen-bond acceptors (Lipinski definition) is 4. The minimum atomic E-state index is -0.719. The van der Waals surface area contributed by atoms with E-state index in [4.69, 9.17) is 4.74 Å². The van der Waals surface area contributed by atoms with Crippen molar-refractivity contribution in [1.82, 2.24) is 5.32 Å². The van der Waals surface area contributed by atoms with Gasteiger partial charge in [0.1, 0.15) is 11.8 Å². The molecule has 0 bridgehead atoms. The van der Waals surface area contributed by atoms with E-state index in [1.54, 1.807) is 19.1 Å². The molecule has 0 saturated heterocycles. The predicted molar refractivity (Wildman–Crippen MR) is 91.5 cm³/mol. The highest BCUT2D eigenvalue weighted by Crippen LogP contribution is 2.27. The average molecular weight is 503 g/mol. The lowest BCUT2D eigenvalue weighted by atomic mass is 10.1. The molecule has 1 rings (SSSR count). The van der Waals surface area contributed by atoms with Crippen molar-refractivity contribution in [2.45, 2.75) is 26.3 Å². The molecule has 0 unspecified atom stereocenters. The highest BCUT2D eigenvalue weighted by molar-refractivity contribution is 14.1. The number of carbonyl (C=O) groups excluding carboxylic acids is 2. The van der Waals surface area contributed by atoms with Crippen LogP contribution in [0.4, 0.5) is 0 Å². The second-order valence-corrected chi connectivity index (χ2v) is 6.44. The number of benzene rings is 1. The number of phenols is 1. The zero-order valence-electron chi connectivity index (χ0n) is 11.1. The minimum absolute atomic E-state index is 0.224. The molecular weight excluding hydrogens is 488 g/mol. The van der Waals surface area contributed by atoms with Crippen molar-refractivity contribution in [1.29, 1.82) is 0 Å². The molecule has 0 spiro atoms. The van der Waals surface area contributed by atoms with Crippen LogP contribution < -0.4 is 5.32 Å². The van der Waals surface area contributed by atoms with E-state index in [0.717, 1.165) is 5.56 Å². The molecule has 0 aliphatic carbocycles. The number of esters is 1. The SMILES string of the molecule is CCOC(=O)[C@H](Cc1cc(I)c(O)c(I)c1)NC(C)=O. The van der Waals surface area contributed by atoms with Crippen LogP contribution in [0.15, 0.2) is 12.1 Å². The molecule has 0 heterocycles. The van der Waals surface area contributed by atoms with Crippen LogP contribution in [-0.4, -0.2) is 29.6 Å². The Labute approximate surface area is 144 Å². The molecule has 1 amide bonds. The number of carbonyl (C=O) groups is 2. The smallest absolute Gasteiger partial charge is 0.328 e. The van der Waals surface area contributed by atoms with Crippen molar-refractivity contribution in [3.63, 3.8) is 0 Å². The number of ether oxygens (including phenoxy) is 1. The topological polar surface area (TPSA) is 75.6 Å². The summed E-state index contributed by atoms with van der Waals surface area (Å²) in [6.07, 6.45) is 0.324. The van der Waals surface area contributed by atoms with Gasteiger partial charge in [-0.1, -0.05) is 0 Å². The largest absolute Gasteiger partial charge is 0.506 e. The molecule has 20 heavy (non-hydrogen) atoms. The Morgan fingerprint density at radius 2 is 1.90 bits per heavy atom. The Hall–Kier alpha value is -0.580. The minimum Gasteiger partial charge on any atom is -0.506 e. The van der Waals surface area contributed by atoms with Crippen LogP contribution in [0.5, 0.6) is 5.75 Å². The van der Waals surface area contributed by atoms with E-state index in [1.165, 1.54) is 6.92 Å². The number of hydrogen-bond donors (Lipinski definition) is 2. The van der Waals surface area contributed by atoms with E-state index in [1.807, 2.05) is 45.2 Å². The first-order valence-corrected chi connectivity index (χ1v) is 8.11. The lowest BCUT2D eigenvalue weighted by Gasteiger charge is -2.17. The third-order valence-electron chi connectivity index (χ3n) is 2.47. The summed E-state index contributed by atoms with van der Waals surface area (Å²) in [4.78, 5) is 23.0. The number of rotatable bonds is 5. The summed E-state index contributed by atoms with van der Waals surface area (Å²) < 4.78 is 6.36. The first-order valence-electron chi connectivity index (χ1n) is 5.95. The van der Waals surface area contributed by atoms with Crippen LogP contribution >= 0.6 is 45.2 Å². The molecule has 7 heteroatoms. The lowest BCUT2D eigenvalue weighted by molar-refractivity contribution is -0.147. The zero-order valence-corrected chi connectivity index (χ0v) is 15.4. The fraction of sp³-hybridized carbons (Fsp3) is 0.385. The first kappa shape index (κ1) is 17.5. The standard InChI is InChI=1S/C13H15I2NO4/c1-3-20-13(19)11(16-7(2)17)6-8-4-9(14)12(18)10(15)5-8/h4-5,11,18H,3,6H2,1-2H3,(H,16,17)/t11-/m0/s1. The zero-order chi connectivity index (χ0) is 15.3. The molecule has 1 aromatic rings. The van der Waals surface area contributed by atoms with Crippen molar-refractivity contribution in [3.05, 3.63) is 24.8 Å². The molecule has 1 aromatic carbocycles. The summed E-state index contributed by atoms with van der Waals surface area (Å²) in [5.41, 5.74) is 0.850. The maximum absolute atomic E-state index is 11.8. The summed E-state index contributed by atoms with van der Waals surface area (Å²) in [6.45, 7) is 3.34. The van der Waals surface area contributed by atoms with E-state index in [2.05, 4.69) is 5.32 Å². The number of nitrogens with one attached hydrogen (secondary N) is 1. The van der Waals surface area contributed by atoms with Gasteiger partial charge in [-0.05, 0) is 69.8 Å². The molecule has 5 nitrogen and oxygen atoms in total. The Morgan fingerprint density at radius 3 is 2.35 bits per heavy atom. The van der Waals surface area contributed by atoms with Gasteiger partial charge >= 0.3 is 5.97 Å². The van der Waals surface area contributed by atoms with Gasteiger partial charge in [0, 0.05) is 13.3 Å². The summed E-state index contributed by atoms with van der Waals surface area (Å²) in [5.74, 6) is -0.519. The van der Waals surface area contributed by atoms with Crippen LogP contribution in [0, 0.1) is 7.14 Å². The third kappa shape index (κ3) is 5.08. The number of amides is 1. The molecule has 0 saturated carbocycles. The van der Waals surface area contributed by atoms with E-state index in [9.17, 15) is 14.7 Å². The fourth-order valence-corrected chi connectivity index (χ4v) is 3.55. The van der Waals surface area contributed by atoms with Crippen LogP contribution in [0.25, 0.3) is 0 Å². The van der Waals surface area contributed by atoms with Crippen LogP contribution in [-0.2, 0) is 20.7 Å². The van der Waals surface area contributed by atoms with Gasteiger partial charge in [0.15, 0.2) is 0 Å². The molecule has 1 atom stereocenters. The van der Waals surface area contributed by atoms with Crippen molar-refractivity contribution >= 4 is 57.1 Å². The predicted octanol–water partition coefficient (Wildman–Crippen LogP) is 2.21. The Kier molecular flexibility index (Phi) is 7.00. The number of aromatic hydroxyl groups is 1. The lowest BCUT2D eigenvalue weighted by Crippen LogP contribution is -2.42. The van der Waals surface area contributed by atoms with Gasteiger partial charge < -0.3 is 15.2 Å². The second kappa shape index (κ2) is 8.01. The number of halogens is 2.